The van der Waals surface area contributed by atoms with E-state index in [0.717, 1.165) is 2.88 Å². The fraction of sp³-hybridized carbons (Fsp3) is 0.167. The standard InChI is InChI=1S/C6H6INO2S.ClH/c1-10-6(9)5-3(8)2-4(7)11-5;/h2H,8H2,1H3;1H. The number of hydrogen-bond acceptors (Lipinski definition) is 4. The maximum atomic E-state index is 11.0. The monoisotopic (exact) mass is 319 g/mol. The van der Waals surface area contributed by atoms with E-state index in [0.29, 0.717) is 10.6 Å². The summed E-state index contributed by atoms with van der Waals surface area (Å²) in [5.41, 5.74) is 6.01. The van der Waals surface area contributed by atoms with E-state index in [-0.39, 0.29) is 18.4 Å². The summed E-state index contributed by atoms with van der Waals surface area (Å²) in [6, 6.07) is 1.75. The molecule has 0 spiro atoms. The topological polar surface area (TPSA) is 52.3 Å². The van der Waals surface area contributed by atoms with E-state index in [4.69, 9.17) is 5.73 Å². The van der Waals surface area contributed by atoms with E-state index in [1.165, 1.54) is 18.4 Å². The maximum absolute atomic E-state index is 11.0. The van der Waals surface area contributed by atoms with Crippen LogP contribution in [0.3, 0.4) is 0 Å². The first kappa shape index (κ1) is 12.0. The van der Waals surface area contributed by atoms with Gasteiger partial charge in [0.15, 0.2) is 0 Å². The van der Waals surface area contributed by atoms with E-state index in [9.17, 15) is 4.79 Å². The van der Waals surface area contributed by atoms with Crippen molar-refractivity contribution in [2.45, 2.75) is 0 Å². The third-order valence-corrected chi connectivity index (χ3v) is 2.99. The Balaban J connectivity index is 0.00000121. The molecule has 0 atom stereocenters. The predicted molar refractivity (Wildman–Crippen MR) is 60.0 cm³/mol. The number of carbonyl (C=O) groups excluding carboxylic acids is 1. The van der Waals surface area contributed by atoms with Crippen LogP contribution in [0, 0.1) is 2.88 Å². The lowest BCUT2D eigenvalue weighted by atomic mass is 10.4. The molecule has 0 saturated heterocycles. The van der Waals surface area contributed by atoms with Gasteiger partial charge in [-0.1, -0.05) is 0 Å². The molecule has 0 amide bonds. The Labute approximate surface area is 93.8 Å². The Morgan fingerprint density at radius 1 is 1.75 bits per heavy atom. The third-order valence-electron chi connectivity index (χ3n) is 1.10. The molecule has 12 heavy (non-hydrogen) atoms. The van der Waals surface area contributed by atoms with Crippen LogP contribution in [0.5, 0.6) is 0 Å². The molecule has 1 heterocycles. The van der Waals surface area contributed by atoms with Gasteiger partial charge < -0.3 is 10.5 Å². The lowest BCUT2D eigenvalue weighted by molar-refractivity contribution is 0.0607. The Morgan fingerprint density at radius 2 is 2.33 bits per heavy atom. The van der Waals surface area contributed by atoms with Gasteiger partial charge in [0.05, 0.1) is 15.7 Å². The third kappa shape index (κ3) is 2.49. The zero-order valence-electron chi connectivity index (χ0n) is 6.17. The summed E-state index contributed by atoms with van der Waals surface area (Å²) in [4.78, 5) is 11.4. The highest BCUT2D eigenvalue weighted by Gasteiger charge is 2.12. The van der Waals surface area contributed by atoms with E-state index < -0.39 is 0 Å². The van der Waals surface area contributed by atoms with Gasteiger partial charge in [-0.05, 0) is 28.7 Å². The van der Waals surface area contributed by atoms with Gasteiger partial charge in [0.25, 0.3) is 0 Å². The van der Waals surface area contributed by atoms with Gasteiger partial charge in [0.2, 0.25) is 0 Å². The molecule has 0 radical (unpaired) electrons. The van der Waals surface area contributed by atoms with Crippen molar-refractivity contribution in [1.82, 2.24) is 0 Å². The number of hydrogen-bond donors (Lipinski definition) is 1. The van der Waals surface area contributed by atoms with Gasteiger partial charge >= 0.3 is 5.97 Å². The number of ether oxygens (including phenoxy) is 1. The molecule has 2 N–H and O–H groups in total. The van der Waals surface area contributed by atoms with Crippen molar-refractivity contribution in [2.24, 2.45) is 0 Å². The molecule has 0 unspecified atom stereocenters. The molecule has 0 saturated carbocycles. The first-order valence-corrected chi connectivity index (χ1v) is 4.67. The van der Waals surface area contributed by atoms with Crippen LogP contribution in [0.1, 0.15) is 9.67 Å². The average Bonchev–Trinajstić information content (AvgIpc) is 2.28. The van der Waals surface area contributed by atoms with Crippen LogP contribution in [0.2, 0.25) is 0 Å². The molecule has 3 nitrogen and oxygen atoms in total. The minimum atomic E-state index is -0.365. The van der Waals surface area contributed by atoms with Gasteiger partial charge in [-0.25, -0.2) is 4.79 Å². The molecular formula is C6H7ClINO2S. The molecule has 1 aromatic rings. The zero-order chi connectivity index (χ0) is 8.43. The number of rotatable bonds is 1. The normalized spacial score (nSPS) is 8.83. The number of halogens is 2. The fourth-order valence-corrected chi connectivity index (χ4v) is 2.35. The summed E-state index contributed by atoms with van der Waals surface area (Å²) in [5.74, 6) is -0.365. The largest absolute Gasteiger partial charge is 0.465 e. The molecule has 1 aromatic heterocycles. The van der Waals surface area contributed by atoms with Crippen molar-refractivity contribution in [2.75, 3.05) is 12.8 Å². The number of nitrogen functional groups attached to an aromatic ring is 1. The molecule has 0 bridgehead atoms. The van der Waals surface area contributed by atoms with Crippen molar-refractivity contribution >= 4 is 58.0 Å². The lowest BCUT2D eigenvalue weighted by Crippen LogP contribution is -2.00. The zero-order valence-corrected chi connectivity index (χ0v) is 9.96. The Bertz CT molecular complexity index is 289. The van der Waals surface area contributed by atoms with Gasteiger partial charge in [0.1, 0.15) is 4.88 Å². The highest BCUT2D eigenvalue weighted by molar-refractivity contribution is 14.1. The van der Waals surface area contributed by atoms with Crippen LogP contribution in [0.25, 0.3) is 0 Å². The number of methoxy groups -OCH3 is 1. The van der Waals surface area contributed by atoms with Crippen LogP contribution in [-0.4, -0.2) is 13.1 Å². The van der Waals surface area contributed by atoms with Crippen molar-refractivity contribution < 1.29 is 9.53 Å². The minimum Gasteiger partial charge on any atom is -0.465 e. The molecular weight excluding hydrogens is 312 g/mol. The predicted octanol–water partition coefficient (Wildman–Crippen LogP) is 2.14. The molecule has 1 rings (SSSR count). The summed E-state index contributed by atoms with van der Waals surface area (Å²) in [7, 11) is 1.34. The fourth-order valence-electron chi connectivity index (χ4n) is 0.626. The molecule has 0 aliphatic rings. The Hall–Kier alpha value is -0.0100. The SMILES string of the molecule is COC(=O)c1sc(I)cc1N.Cl. The molecule has 68 valence electrons. The van der Waals surface area contributed by atoms with E-state index in [1.54, 1.807) is 6.07 Å². The quantitative estimate of drug-likeness (QED) is 0.637. The first-order valence-electron chi connectivity index (χ1n) is 2.78. The van der Waals surface area contributed by atoms with Crippen LogP contribution in [-0.2, 0) is 4.74 Å². The van der Waals surface area contributed by atoms with Gasteiger partial charge in [-0.15, -0.1) is 23.7 Å². The number of anilines is 1. The lowest BCUT2D eigenvalue weighted by Gasteiger charge is -1.94. The van der Waals surface area contributed by atoms with Gasteiger partial charge in [0, 0.05) is 0 Å². The first-order chi connectivity index (χ1) is 5.15. The van der Waals surface area contributed by atoms with Crippen LogP contribution >= 0.6 is 46.3 Å². The van der Waals surface area contributed by atoms with Crippen LogP contribution < -0.4 is 5.73 Å². The van der Waals surface area contributed by atoms with Crippen molar-refractivity contribution in [1.29, 1.82) is 0 Å². The number of thiophene rings is 1. The minimum absolute atomic E-state index is 0. The Morgan fingerprint density at radius 3 is 2.67 bits per heavy atom. The maximum Gasteiger partial charge on any atom is 0.350 e. The summed E-state index contributed by atoms with van der Waals surface area (Å²) in [6.45, 7) is 0. The summed E-state index contributed by atoms with van der Waals surface area (Å²) in [5, 5.41) is 0. The van der Waals surface area contributed by atoms with Gasteiger partial charge in [-0.3, -0.25) is 0 Å². The molecule has 6 heteroatoms. The Kier molecular flexibility index (Phi) is 4.88. The van der Waals surface area contributed by atoms with E-state index in [2.05, 4.69) is 27.3 Å². The second-order valence-electron chi connectivity index (χ2n) is 1.83. The van der Waals surface area contributed by atoms with Gasteiger partial charge in [-0.2, -0.15) is 0 Å². The van der Waals surface area contributed by atoms with Crippen LogP contribution in [0.4, 0.5) is 5.69 Å². The summed E-state index contributed by atoms with van der Waals surface area (Å²) < 4.78 is 5.51. The molecule has 0 aromatic carbocycles. The summed E-state index contributed by atoms with van der Waals surface area (Å²) >= 11 is 3.44. The molecule has 0 aliphatic heterocycles. The molecule has 0 fully saturated rings. The second kappa shape index (κ2) is 4.88. The van der Waals surface area contributed by atoms with E-state index >= 15 is 0 Å². The second-order valence-corrected chi connectivity index (χ2v) is 4.77. The highest BCUT2D eigenvalue weighted by Crippen LogP contribution is 2.26. The number of esters is 1. The highest BCUT2D eigenvalue weighted by atomic mass is 127. The number of carbonyl (C=O) groups is 1. The number of nitrogens with two attached hydrogens (primary N) is 1. The smallest absolute Gasteiger partial charge is 0.350 e. The van der Waals surface area contributed by atoms with E-state index in [1.807, 2.05) is 0 Å². The van der Waals surface area contributed by atoms with Crippen molar-refractivity contribution in [3.63, 3.8) is 0 Å². The average molecular weight is 320 g/mol. The van der Waals surface area contributed by atoms with Crippen molar-refractivity contribution in [3.05, 3.63) is 13.8 Å². The molecule has 0 aliphatic carbocycles. The van der Waals surface area contributed by atoms with Crippen molar-refractivity contribution in [3.8, 4) is 0 Å². The summed E-state index contributed by atoms with van der Waals surface area (Å²) in [6.07, 6.45) is 0. The van der Waals surface area contributed by atoms with Crippen LogP contribution in [0.15, 0.2) is 6.07 Å².